The van der Waals surface area contributed by atoms with E-state index in [1.54, 1.807) is 32.0 Å². The van der Waals surface area contributed by atoms with Crippen LogP contribution in [0.3, 0.4) is 0 Å². The number of rotatable bonds is 3. The summed E-state index contributed by atoms with van der Waals surface area (Å²) in [4.78, 5) is 15.3. The molecule has 1 aromatic heterocycles. The van der Waals surface area contributed by atoms with E-state index < -0.39 is 11.4 Å². The van der Waals surface area contributed by atoms with Gasteiger partial charge >= 0.3 is 0 Å². The first-order valence-corrected chi connectivity index (χ1v) is 5.12. The van der Waals surface area contributed by atoms with Gasteiger partial charge in [-0.3, -0.25) is 4.79 Å². The van der Waals surface area contributed by atoms with Crippen LogP contribution in [-0.2, 0) is 4.79 Å². The molecule has 0 bridgehead atoms. The molecule has 0 saturated heterocycles. The first-order valence-electron chi connectivity index (χ1n) is 5.12. The number of amides is 1. The molecule has 0 aliphatic heterocycles. The van der Waals surface area contributed by atoms with Gasteiger partial charge in [-0.25, -0.2) is 0 Å². The molecular weight excluding hydrogens is 220 g/mol. The van der Waals surface area contributed by atoms with Crippen LogP contribution < -0.4 is 16.8 Å². The van der Waals surface area contributed by atoms with E-state index in [1.165, 1.54) is 0 Å². The Bertz CT molecular complexity index is 574. The van der Waals surface area contributed by atoms with E-state index >= 15 is 0 Å². The number of nitrogens with two attached hydrogens (primary N) is 2. The average molecular weight is 234 g/mol. The minimum Gasteiger partial charge on any atom is -0.423 e. The number of primary amides is 1. The van der Waals surface area contributed by atoms with Crippen LogP contribution >= 0.6 is 0 Å². The lowest BCUT2D eigenvalue weighted by Crippen LogP contribution is -2.45. The van der Waals surface area contributed by atoms with Crippen LogP contribution in [0.1, 0.15) is 13.8 Å². The predicted octanol–water partition coefficient (Wildman–Crippen LogP) is 1.09. The summed E-state index contributed by atoms with van der Waals surface area (Å²) < 4.78 is 5.42. The van der Waals surface area contributed by atoms with Gasteiger partial charge in [0.2, 0.25) is 5.91 Å². The number of aromatic nitrogens is 1. The lowest BCUT2D eigenvalue weighted by atomic mass is 10.1. The maximum absolute atomic E-state index is 11.2. The van der Waals surface area contributed by atoms with Crippen molar-refractivity contribution in [2.45, 2.75) is 19.4 Å². The van der Waals surface area contributed by atoms with Gasteiger partial charge in [-0.2, -0.15) is 4.98 Å². The number of hydrogen-bond donors (Lipinski definition) is 3. The Hall–Kier alpha value is -2.24. The summed E-state index contributed by atoms with van der Waals surface area (Å²) >= 11 is 0. The molecule has 0 aliphatic rings. The van der Waals surface area contributed by atoms with Crippen LogP contribution in [-0.4, -0.2) is 16.4 Å². The molecule has 0 saturated carbocycles. The van der Waals surface area contributed by atoms with E-state index in [1.807, 2.05) is 0 Å². The minimum absolute atomic E-state index is 0.245. The Morgan fingerprint density at radius 2 is 2.18 bits per heavy atom. The van der Waals surface area contributed by atoms with Crippen molar-refractivity contribution in [2.75, 3.05) is 11.1 Å². The van der Waals surface area contributed by atoms with Gasteiger partial charge in [0.1, 0.15) is 11.1 Å². The van der Waals surface area contributed by atoms with Crippen molar-refractivity contribution >= 4 is 28.7 Å². The highest BCUT2D eigenvalue weighted by molar-refractivity contribution is 5.87. The zero-order valence-electron chi connectivity index (χ0n) is 9.65. The van der Waals surface area contributed by atoms with Crippen molar-refractivity contribution in [2.24, 2.45) is 5.73 Å². The quantitative estimate of drug-likeness (QED) is 0.689. The van der Waals surface area contributed by atoms with E-state index in [4.69, 9.17) is 15.9 Å². The van der Waals surface area contributed by atoms with Crippen LogP contribution in [0.25, 0.3) is 11.1 Å². The lowest BCUT2D eigenvalue weighted by Gasteiger charge is -2.20. The maximum atomic E-state index is 11.2. The summed E-state index contributed by atoms with van der Waals surface area (Å²) in [6, 6.07) is 5.39. The molecule has 1 amide bonds. The van der Waals surface area contributed by atoms with Crippen molar-refractivity contribution in [1.29, 1.82) is 0 Å². The number of hydrogen-bond acceptors (Lipinski definition) is 5. The molecule has 0 unspecified atom stereocenters. The van der Waals surface area contributed by atoms with E-state index in [0.29, 0.717) is 16.8 Å². The second kappa shape index (κ2) is 3.65. The number of nitrogens with zero attached hydrogens (tertiary/aromatic N) is 1. The number of anilines is 2. The van der Waals surface area contributed by atoms with Gasteiger partial charge in [-0.15, -0.1) is 0 Å². The van der Waals surface area contributed by atoms with Gasteiger partial charge in [0.25, 0.3) is 6.01 Å². The highest BCUT2D eigenvalue weighted by Gasteiger charge is 2.26. The normalized spacial score (nSPS) is 11.6. The Kier molecular flexibility index (Phi) is 2.42. The molecule has 1 heterocycles. The van der Waals surface area contributed by atoms with Crippen molar-refractivity contribution < 1.29 is 9.21 Å². The van der Waals surface area contributed by atoms with Gasteiger partial charge in [-0.1, -0.05) is 0 Å². The summed E-state index contributed by atoms with van der Waals surface area (Å²) in [6.45, 7) is 3.30. The lowest BCUT2D eigenvalue weighted by molar-refractivity contribution is -0.121. The van der Waals surface area contributed by atoms with Crippen molar-refractivity contribution in [1.82, 2.24) is 4.98 Å². The van der Waals surface area contributed by atoms with Gasteiger partial charge in [0, 0.05) is 11.8 Å². The Balaban J connectivity index is 2.34. The van der Waals surface area contributed by atoms with Crippen LogP contribution in [0, 0.1) is 0 Å². The standard InChI is InChI=1S/C11H14N4O2/c1-11(2,9(13)16)15-10-14-7-4-3-6(12)5-8(7)17-10/h3-5H,12H2,1-2H3,(H2,13,16)(H,14,15). The molecule has 17 heavy (non-hydrogen) atoms. The summed E-state index contributed by atoms with van der Waals surface area (Å²) in [7, 11) is 0. The number of carbonyl (C=O) groups is 1. The Morgan fingerprint density at radius 3 is 2.82 bits per heavy atom. The van der Waals surface area contributed by atoms with Gasteiger partial charge < -0.3 is 21.2 Å². The molecule has 5 N–H and O–H groups in total. The third-order valence-electron chi connectivity index (χ3n) is 2.45. The maximum Gasteiger partial charge on any atom is 0.296 e. The molecule has 0 radical (unpaired) electrons. The monoisotopic (exact) mass is 234 g/mol. The van der Waals surface area contributed by atoms with Crippen LogP contribution in [0.2, 0.25) is 0 Å². The van der Waals surface area contributed by atoms with Crippen LogP contribution in [0.5, 0.6) is 0 Å². The van der Waals surface area contributed by atoms with Crippen molar-refractivity contribution in [3.05, 3.63) is 18.2 Å². The Labute approximate surface area is 98.0 Å². The number of oxazole rings is 1. The minimum atomic E-state index is -0.924. The van der Waals surface area contributed by atoms with Gasteiger partial charge in [0.05, 0.1) is 0 Å². The first-order chi connectivity index (χ1) is 7.88. The van der Waals surface area contributed by atoms with Crippen LogP contribution in [0.4, 0.5) is 11.7 Å². The molecule has 90 valence electrons. The highest BCUT2D eigenvalue weighted by atomic mass is 16.4. The summed E-state index contributed by atoms with van der Waals surface area (Å²) in [5.41, 5.74) is 11.8. The fraction of sp³-hybridized carbons (Fsp3) is 0.273. The molecule has 0 spiro atoms. The molecule has 6 nitrogen and oxygen atoms in total. The third-order valence-corrected chi connectivity index (χ3v) is 2.45. The van der Waals surface area contributed by atoms with Crippen molar-refractivity contribution in [3.63, 3.8) is 0 Å². The number of nitrogens with one attached hydrogen (secondary N) is 1. The van der Waals surface area contributed by atoms with E-state index in [9.17, 15) is 4.79 Å². The largest absolute Gasteiger partial charge is 0.423 e. The fourth-order valence-electron chi connectivity index (χ4n) is 1.32. The molecule has 0 aliphatic carbocycles. The summed E-state index contributed by atoms with van der Waals surface area (Å²) in [5.74, 6) is -0.487. The molecular formula is C11H14N4O2. The topological polar surface area (TPSA) is 107 Å². The van der Waals surface area contributed by atoms with Gasteiger partial charge in [-0.05, 0) is 26.0 Å². The second-order valence-corrected chi connectivity index (χ2v) is 4.36. The van der Waals surface area contributed by atoms with Crippen LogP contribution in [0.15, 0.2) is 22.6 Å². The SMILES string of the molecule is CC(C)(Nc1nc2ccc(N)cc2o1)C(N)=O. The Morgan fingerprint density at radius 1 is 1.47 bits per heavy atom. The highest BCUT2D eigenvalue weighted by Crippen LogP contribution is 2.23. The zero-order chi connectivity index (χ0) is 12.6. The number of benzene rings is 1. The molecule has 0 fully saturated rings. The predicted molar refractivity (Wildman–Crippen MR) is 65.3 cm³/mol. The molecule has 2 aromatic rings. The average Bonchev–Trinajstić information content (AvgIpc) is 2.57. The first kappa shape index (κ1) is 11.3. The van der Waals surface area contributed by atoms with E-state index in [0.717, 1.165) is 0 Å². The van der Waals surface area contributed by atoms with Crippen molar-refractivity contribution in [3.8, 4) is 0 Å². The summed E-state index contributed by atoms with van der Waals surface area (Å²) in [6.07, 6.45) is 0. The van der Waals surface area contributed by atoms with Gasteiger partial charge in [0.15, 0.2) is 5.58 Å². The zero-order valence-corrected chi connectivity index (χ0v) is 9.65. The van der Waals surface area contributed by atoms with E-state index in [-0.39, 0.29) is 6.01 Å². The fourth-order valence-corrected chi connectivity index (χ4v) is 1.32. The number of fused-ring (bicyclic) bond motifs is 1. The molecule has 1 aromatic carbocycles. The third kappa shape index (κ3) is 2.15. The van der Waals surface area contributed by atoms with E-state index in [2.05, 4.69) is 10.3 Å². The second-order valence-electron chi connectivity index (χ2n) is 4.36. The smallest absolute Gasteiger partial charge is 0.296 e. The molecule has 0 atom stereocenters. The molecule has 2 rings (SSSR count). The number of nitrogen functional groups attached to an aromatic ring is 1. The number of carbonyl (C=O) groups excluding carboxylic acids is 1. The molecule has 6 heteroatoms. The summed E-state index contributed by atoms with van der Waals surface area (Å²) in [5, 5.41) is 2.83.